The SMILES string of the molecule is CC(C)c1cccc(NI(C)C)c1. The summed E-state index contributed by atoms with van der Waals surface area (Å²) in [7, 11) is 0. The van der Waals surface area contributed by atoms with E-state index >= 15 is 0 Å². The van der Waals surface area contributed by atoms with Gasteiger partial charge >= 0.3 is 88.8 Å². The second-order valence-corrected chi connectivity index (χ2v) is 8.48. The van der Waals surface area contributed by atoms with Crippen LogP contribution in [0.1, 0.15) is 25.3 Å². The minimum absolute atomic E-state index is 0.623. The zero-order valence-electron chi connectivity index (χ0n) is 8.76. The molecule has 0 bridgehead atoms. The van der Waals surface area contributed by atoms with Gasteiger partial charge in [-0.3, -0.25) is 0 Å². The summed E-state index contributed by atoms with van der Waals surface area (Å²) in [6.07, 6.45) is 0. The summed E-state index contributed by atoms with van der Waals surface area (Å²) in [6, 6.07) is 8.75. The molecule has 0 heterocycles. The van der Waals surface area contributed by atoms with Crippen molar-refractivity contribution in [2.45, 2.75) is 19.8 Å². The quantitative estimate of drug-likeness (QED) is 0.506. The summed E-state index contributed by atoms with van der Waals surface area (Å²) in [6.45, 7) is 4.46. The molecule has 0 aromatic heterocycles. The first-order valence-electron chi connectivity index (χ1n) is 4.46. The fourth-order valence-electron chi connectivity index (χ4n) is 1.17. The van der Waals surface area contributed by atoms with E-state index < -0.39 is 20.1 Å². The van der Waals surface area contributed by atoms with Gasteiger partial charge < -0.3 is 0 Å². The van der Waals surface area contributed by atoms with E-state index in [1.54, 1.807) is 0 Å². The zero-order valence-corrected chi connectivity index (χ0v) is 10.9. The normalized spacial score (nSPS) is 11.6. The molecule has 0 saturated heterocycles. The number of halogens is 1. The van der Waals surface area contributed by atoms with E-state index in [0.29, 0.717) is 5.92 Å². The summed E-state index contributed by atoms with van der Waals surface area (Å²) in [5, 5.41) is 0. The molecule has 74 valence electrons. The molecule has 1 aromatic carbocycles. The first-order valence-corrected chi connectivity index (χ1v) is 9.85. The number of hydrogen-bond acceptors (Lipinski definition) is 1. The predicted octanol–water partition coefficient (Wildman–Crippen LogP) is 3.90. The van der Waals surface area contributed by atoms with E-state index in [0.717, 1.165) is 0 Å². The van der Waals surface area contributed by atoms with E-state index in [-0.39, 0.29) is 0 Å². The van der Waals surface area contributed by atoms with Crippen LogP contribution < -0.4 is 3.53 Å². The molecule has 0 aliphatic heterocycles. The Morgan fingerprint density at radius 3 is 2.46 bits per heavy atom. The van der Waals surface area contributed by atoms with Gasteiger partial charge in [-0.2, -0.15) is 0 Å². The van der Waals surface area contributed by atoms with Crippen molar-refractivity contribution in [3.63, 3.8) is 0 Å². The Morgan fingerprint density at radius 2 is 1.92 bits per heavy atom. The molecular weight excluding hydrogens is 273 g/mol. The van der Waals surface area contributed by atoms with Gasteiger partial charge in [0.25, 0.3) is 0 Å². The van der Waals surface area contributed by atoms with Gasteiger partial charge in [-0.05, 0) is 0 Å². The molecule has 0 spiro atoms. The Hall–Kier alpha value is -0.250. The van der Waals surface area contributed by atoms with Crippen LogP contribution in [0.3, 0.4) is 0 Å². The van der Waals surface area contributed by atoms with Gasteiger partial charge in [0.15, 0.2) is 0 Å². The molecule has 1 nitrogen and oxygen atoms in total. The number of benzene rings is 1. The Kier molecular flexibility index (Phi) is 4.03. The van der Waals surface area contributed by atoms with Crippen molar-refractivity contribution in [3.8, 4) is 0 Å². The first-order chi connectivity index (χ1) is 6.09. The molecule has 2 heteroatoms. The van der Waals surface area contributed by atoms with Gasteiger partial charge in [0.1, 0.15) is 0 Å². The topological polar surface area (TPSA) is 12.0 Å². The van der Waals surface area contributed by atoms with Crippen LogP contribution in [-0.2, 0) is 0 Å². The van der Waals surface area contributed by atoms with E-state index in [1.165, 1.54) is 11.3 Å². The van der Waals surface area contributed by atoms with Gasteiger partial charge in [0.2, 0.25) is 0 Å². The fourth-order valence-corrected chi connectivity index (χ4v) is 2.76. The third kappa shape index (κ3) is 3.55. The summed E-state index contributed by atoms with van der Waals surface area (Å²) >= 11 is -0.853. The van der Waals surface area contributed by atoms with Crippen LogP contribution in [0.25, 0.3) is 0 Å². The Balaban J connectivity index is 2.79. The van der Waals surface area contributed by atoms with Crippen molar-refractivity contribution in [1.82, 2.24) is 0 Å². The Bertz CT molecular complexity index is 269. The predicted molar refractivity (Wildman–Crippen MR) is 70.0 cm³/mol. The molecule has 0 saturated carbocycles. The number of anilines is 1. The molecule has 1 N–H and O–H groups in total. The molecule has 1 aromatic rings. The van der Waals surface area contributed by atoms with E-state index in [2.05, 4.69) is 51.5 Å². The van der Waals surface area contributed by atoms with Crippen LogP contribution in [0.4, 0.5) is 5.69 Å². The van der Waals surface area contributed by atoms with Gasteiger partial charge in [-0.1, -0.05) is 0 Å². The van der Waals surface area contributed by atoms with Gasteiger partial charge in [0, 0.05) is 0 Å². The standard InChI is InChI=1S/C11H18IN/c1-9(2)10-6-5-7-11(8-10)13-12(3)4/h5-9,13H,1-4H3. The van der Waals surface area contributed by atoms with Gasteiger partial charge in [-0.15, -0.1) is 0 Å². The molecule has 1 rings (SSSR count). The van der Waals surface area contributed by atoms with E-state index in [1.807, 2.05) is 0 Å². The summed E-state index contributed by atoms with van der Waals surface area (Å²) in [5.41, 5.74) is 2.71. The molecule has 0 atom stereocenters. The Labute approximate surface area is 88.7 Å². The average Bonchev–Trinajstić information content (AvgIpc) is 2.03. The third-order valence-electron chi connectivity index (χ3n) is 1.85. The summed E-state index contributed by atoms with van der Waals surface area (Å²) in [4.78, 5) is 4.62. The molecule has 13 heavy (non-hydrogen) atoms. The van der Waals surface area contributed by atoms with Crippen molar-refractivity contribution in [3.05, 3.63) is 29.8 Å². The van der Waals surface area contributed by atoms with Crippen LogP contribution in [0, 0.1) is 0 Å². The molecule has 0 fully saturated rings. The molecule has 0 unspecified atom stereocenters. The molecule has 0 aliphatic rings. The third-order valence-corrected chi connectivity index (χ3v) is 3.55. The number of nitrogens with one attached hydrogen (secondary N) is 1. The number of rotatable bonds is 3. The second kappa shape index (κ2) is 4.84. The summed E-state index contributed by atoms with van der Waals surface area (Å²) < 4.78 is 3.56. The van der Waals surface area contributed by atoms with Crippen LogP contribution in [0.5, 0.6) is 0 Å². The maximum absolute atomic E-state index is 3.56. The molecular formula is C11H18IN. The zero-order chi connectivity index (χ0) is 9.84. The Morgan fingerprint density at radius 1 is 1.23 bits per heavy atom. The van der Waals surface area contributed by atoms with Gasteiger partial charge in [-0.25, -0.2) is 0 Å². The van der Waals surface area contributed by atoms with Crippen molar-refractivity contribution >= 4 is 25.8 Å². The number of hydrogen-bond donors (Lipinski definition) is 1. The summed E-state index contributed by atoms with van der Waals surface area (Å²) in [5.74, 6) is 0.623. The molecule has 0 aliphatic carbocycles. The average molecular weight is 291 g/mol. The fraction of sp³-hybridized carbons (Fsp3) is 0.455. The van der Waals surface area contributed by atoms with Crippen molar-refractivity contribution in [2.24, 2.45) is 0 Å². The molecule has 0 radical (unpaired) electrons. The van der Waals surface area contributed by atoms with Crippen molar-refractivity contribution in [2.75, 3.05) is 13.4 Å². The van der Waals surface area contributed by atoms with Crippen LogP contribution in [-0.4, -0.2) is 9.86 Å². The van der Waals surface area contributed by atoms with Crippen molar-refractivity contribution < 1.29 is 0 Å². The van der Waals surface area contributed by atoms with Crippen molar-refractivity contribution in [1.29, 1.82) is 0 Å². The first kappa shape index (κ1) is 10.8. The monoisotopic (exact) mass is 291 g/mol. The van der Waals surface area contributed by atoms with Crippen LogP contribution in [0.2, 0.25) is 0 Å². The van der Waals surface area contributed by atoms with Gasteiger partial charge in [0.05, 0.1) is 0 Å². The van der Waals surface area contributed by atoms with E-state index in [9.17, 15) is 0 Å². The van der Waals surface area contributed by atoms with Crippen LogP contribution in [0.15, 0.2) is 24.3 Å². The minimum atomic E-state index is -0.853. The number of alkyl halides is 2. The maximum atomic E-state index is 3.56. The van der Waals surface area contributed by atoms with E-state index in [4.69, 9.17) is 0 Å². The molecule has 0 amide bonds. The van der Waals surface area contributed by atoms with Crippen LogP contribution >= 0.6 is 20.1 Å². The second-order valence-electron chi connectivity index (χ2n) is 3.63.